The zero-order valence-corrected chi connectivity index (χ0v) is 18.0. The van der Waals surface area contributed by atoms with E-state index in [4.69, 9.17) is 0 Å². The number of carbonyl (C=O) groups is 2. The van der Waals surface area contributed by atoms with Gasteiger partial charge in [0.15, 0.2) is 0 Å². The van der Waals surface area contributed by atoms with Crippen LogP contribution in [0.1, 0.15) is 32.3 Å². The van der Waals surface area contributed by atoms with E-state index in [-0.39, 0.29) is 10.9 Å². The Morgan fingerprint density at radius 3 is 2.43 bits per heavy atom. The maximum Gasteiger partial charge on any atom is 0.328 e. The molecule has 0 bridgehead atoms. The topological polar surface area (TPSA) is 117 Å². The van der Waals surface area contributed by atoms with E-state index in [1.807, 2.05) is 11.0 Å². The van der Waals surface area contributed by atoms with Crippen LogP contribution in [0.2, 0.25) is 0 Å². The summed E-state index contributed by atoms with van der Waals surface area (Å²) < 4.78 is 33.9. The predicted molar refractivity (Wildman–Crippen MR) is 113 cm³/mol. The fourth-order valence-corrected chi connectivity index (χ4v) is 5.15. The van der Waals surface area contributed by atoms with Gasteiger partial charge in [0.2, 0.25) is 0 Å². The molecule has 162 valence electrons. The van der Waals surface area contributed by atoms with E-state index < -0.39 is 28.1 Å². The van der Waals surface area contributed by atoms with Crippen LogP contribution in [0.3, 0.4) is 0 Å². The first-order valence-electron chi connectivity index (χ1n) is 9.74. The van der Waals surface area contributed by atoms with Crippen LogP contribution < -0.4 is 10.6 Å². The highest BCUT2D eigenvalue weighted by Gasteiger charge is 2.35. The number of sulfonamides is 1. The number of benzene rings is 1. The Morgan fingerprint density at radius 1 is 1.20 bits per heavy atom. The molecule has 0 radical (unpaired) electrons. The Balaban J connectivity index is 1.62. The lowest BCUT2D eigenvalue weighted by atomic mass is 10.0. The molecule has 0 spiro atoms. The molecule has 1 atom stereocenters. The van der Waals surface area contributed by atoms with Crippen molar-refractivity contribution < 1.29 is 22.7 Å². The highest BCUT2D eigenvalue weighted by molar-refractivity contribution is 8.00. The van der Waals surface area contributed by atoms with Crippen LogP contribution in [0.15, 0.2) is 40.3 Å². The number of rotatable bonds is 4. The summed E-state index contributed by atoms with van der Waals surface area (Å²) in [6, 6.07) is 7.70. The molecular weight excluding hydrogens is 408 g/mol. The minimum atomic E-state index is -3.74. The average molecular weight is 435 g/mol. The molecule has 2 N–H and O–H groups in total. The van der Waals surface area contributed by atoms with Crippen molar-refractivity contribution in [1.82, 2.24) is 15.5 Å². The number of carbonyl (C=O) groups excluding carboxylic acids is 2. The molecule has 0 aliphatic carbocycles. The minimum Gasteiger partial charge on any atom is -0.467 e. The van der Waals surface area contributed by atoms with Gasteiger partial charge in [-0.1, -0.05) is 30.3 Å². The summed E-state index contributed by atoms with van der Waals surface area (Å²) in [6.45, 7) is 4.44. The third kappa shape index (κ3) is 4.64. The van der Waals surface area contributed by atoms with Gasteiger partial charge in [0, 0.05) is 24.7 Å². The number of piperidine rings is 1. The number of methoxy groups -OCH3 is 1. The van der Waals surface area contributed by atoms with Crippen molar-refractivity contribution >= 4 is 32.8 Å². The molecule has 2 heterocycles. The van der Waals surface area contributed by atoms with Crippen LogP contribution in [-0.4, -0.2) is 63.4 Å². The molecule has 1 saturated heterocycles. The molecule has 2 amide bonds. The number of hydrogen-bond donors (Lipinski definition) is 2. The van der Waals surface area contributed by atoms with E-state index in [2.05, 4.69) is 19.8 Å². The van der Waals surface area contributed by atoms with Crippen molar-refractivity contribution in [3.63, 3.8) is 0 Å². The summed E-state index contributed by atoms with van der Waals surface area (Å²) in [4.78, 5) is 25.7. The minimum absolute atomic E-state index is 0.0809. The molecule has 1 aromatic rings. The van der Waals surface area contributed by atoms with Gasteiger partial charge in [-0.25, -0.2) is 9.59 Å². The number of amides is 2. The maximum atomic E-state index is 12.6. The van der Waals surface area contributed by atoms with Crippen LogP contribution in [0.25, 0.3) is 4.91 Å². The van der Waals surface area contributed by atoms with E-state index in [0.29, 0.717) is 42.9 Å². The van der Waals surface area contributed by atoms with Crippen molar-refractivity contribution in [2.45, 2.75) is 38.8 Å². The number of urea groups is 1. The first-order chi connectivity index (χ1) is 14.2. The van der Waals surface area contributed by atoms with Gasteiger partial charge < -0.3 is 20.3 Å². The fraction of sp³-hybridized carbons (Fsp3) is 0.450. The van der Waals surface area contributed by atoms with Gasteiger partial charge >= 0.3 is 12.0 Å². The number of hydrogen-bond acceptors (Lipinski definition) is 6. The summed E-state index contributed by atoms with van der Waals surface area (Å²) in [5.74, 6) is -0.0482. The molecule has 0 aromatic heterocycles. The van der Waals surface area contributed by atoms with Gasteiger partial charge in [-0.15, -0.1) is 4.40 Å². The first kappa shape index (κ1) is 21.8. The van der Waals surface area contributed by atoms with E-state index in [1.54, 1.807) is 38.1 Å². The summed E-state index contributed by atoms with van der Waals surface area (Å²) in [5, 5.41) is 5.38. The van der Waals surface area contributed by atoms with Crippen LogP contribution in [-0.2, 0) is 19.6 Å². The molecule has 0 saturated carbocycles. The smallest absolute Gasteiger partial charge is 0.328 e. The third-order valence-corrected chi connectivity index (χ3v) is 6.68. The number of amidine groups is 1. The Morgan fingerprint density at radius 2 is 1.83 bits per heavy atom. The first-order valence-corrected chi connectivity index (χ1v) is 11.2. The molecule has 1 fully saturated rings. The lowest BCUT2D eigenvalue weighted by Crippen LogP contribution is -2.51. The average Bonchev–Trinajstić information content (AvgIpc) is 2.97. The van der Waals surface area contributed by atoms with Crippen molar-refractivity contribution in [2.75, 3.05) is 20.2 Å². The van der Waals surface area contributed by atoms with Gasteiger partial charge in [0.1, 0.15) is 16.8 Å². The third-order valence-electron chi connectivity index (χ3n) is 5.21. The number of likely N-dealkylation sites (tertiary alicyclic amines) is 1. The van der Waals surface area contributed by atoms with Gasteiger partial charge in [0.25, 0.3) is 10.0 Å². The van der Waals surface area contributed by atoms with Crippen LogP contribution >= 0.6 is 0 Å². The summed E-state index contributed by atoms with van der Waals surface area (Å²) >= 11 is 0. The van der Waals surface area contributed by atoms with Crippen LogP contribution in [0.5, 0.6) is 0 Å². The van der Waals surface area contributed by atoms with Gasteiger partial charge in [0.05, 0.1) is 7.11 Å². The van der Waals surface area contributed by atoms with E-state index in [9.17, 15) is 18.0 Å². The molecule has 1 aromatic carbocycles. The summed E-state index contributed by atoms with van der Waals surface area (Å²) in [6.07, 6.45) is 1.26. The summed E-state index contributed by atoms with van der Waals surface area (Å²) in [7, 11) is -2.48. The van der Waals surface area contributed by atoms with Crippen molar-refractivity contribution in [2.24, 2.45) is 4.40 Å². The highest BCUT2D eigenvalue weighted by atomic mass is 32.2. The normalized spacial score (nSPS) is 19.8. The van der Waals surface area contributed by atoms with E-state index >= 15 is 0 Å². The second-order valence-corrected chi connectivity index (χ2v) is 8.88. The molecule has 3 rings (SSSR count). The van der Waals surface area contributed by atoms with Crippen LogP contribution in [0, 0.1) is 0 Å². The standard InChI is InChI=1S/C20H26N4O5S/c1-13-17(15-7-5-4-6-8-15)30(27,28)23-18(13)24-11-9-16(10-12-24)22-20(26)21-14(2)19(25)29-3/h4-8,14,16H,9-12H2,1-3H3,(H2,21,22,26)/t14-/m0/s1. The number of ether oxygens (including phenoxy) is 1. The van der Waals surface area contributed by atoms with Crippen molar-refractivity contribution in [3.05, 3.63) is 41.5 Å². The van der Waals surface area contributed by atoms with Crippen LogP contribution in [0.4, 0.5) is 4.79 Å². The Bertz CT molecular complexity index is 980. The van der Waals surface area contributed by atoms with Crippen molar-refractivity contribution in [3.8, 4) is 0 Å². The predicted octanol–water partition coefficient (Wildman–Crippen LogP) is 1.48. The summed E-state index contributed by atoms with van der Waals surface area (Å²) in [5.41, 5.74) is 1.26. The molecule has 0 unspecified atom stereocenters. The second-order valence-electron chi connectivity index (χ2n) is 7.33. The maximum absolute atomic E-state index is 12.6. The number of nitrogens with zero attached hydrogens (tertiary/aromatic N) is 2. The molecule has 2 aliphatic rings. The highest BCUT2D eigenvalue weighted by Crippen LogP contribution is 2.34. The van der Waals surface area contributed by atoms with Gasteiger partial charge in [-0.2, -0.15) is 8.42 Å². The SMILES string of the molecule is COC(=O)[C@H](C)NC(=O)NC1CCN(C2=NS(=O)(=O)C(c3ccccc3)=C2C)CC1. The quantitative estimate of drug-likeness (QED) is 0.694. The van der Waals surface area contributed by atoms with Gasteiger partial charge in [-0.3, -0.25) is 0 Å². The molecule has 9 nitrogen and oxygen atoms in total. The number of esters is 1. The monoisotopic (exact) mass is 434 g/mol. The van der Waals surface area contributed by atoms with Crippen molar-refractivity contribution in [1.29, 1.82) is 0 Å². The Hall–Kier alpha value is -2.88. The van der Waals surface area contributed by atoms with E-state index in [1.165, 1.54) is 7.11 Å². The Labute approximate surface area is 176 Å². The Kier molecular flexibility index (Phi) is 6.45. The lowest BCUT2D eigenvalue weighted by molar-refractivity contribution is -0.142. The molecule has 10 heteroatoms. The molecular formula is C20H26N4O5S. The second kappa shape index (κ2) is 8.86. The largest absolute Gasteiger partial charge is 0.467 e. The van der Waals surface area contributed by atoms with E-state index in [0.717, 1.165) is 0 Å². The van der Waals surface area contributed by atoms with Gasteiger partial charge in [-0.05, 0) is 32.3 Å². The molecule has 2 aliphatic heterocycles. The number of nitrogens with one attached hydrogen (secondary N) is 2. The molecule has 30 heavy (non-hydrogen) atoms. The zero-order chi connectivity index (χ0) is 21.9. The zero-order valence-electron chi connectivity index (χ0n) is 17.2. The lowest BCUT2D eigenvalue weighted by Gasteiger charge is -2.34. The fourth-order valence-electron chi connectivity index (χ4n) is 3.67.